The number of nitrogens with zero attached hydrogens (tertiary/aromatic N) is 3. The predicted molar refractivity (Wildman–Crippen MR) is 128 cm³/mol. The van der Waals surface area contributed by atoms with Gasteiger partial charge >= 0.3 is 0 Å². The third-order valence-corrected chi connectivity index (χ3v) is 6.51. The molecule has 0 saturated heterocycles. The third-order valence-electron chi connectivity index (χ3n) is 4.72. The summed E-state index contributed by atoms with van der Waals surface area (Å²) in [6.45, 7) is 1.28. The number of sulfonamides is 1. The molecule has 0 radical (unpaired) electrons. The molecule has 34 heavy (non-hydrogen) atoms. The second-order valence-electron chi connectivity index (χ2n) is 7.17. The molecular formula is C23H22N4O6S. The van der Waals surface area contributed by atoms with Crippen molar-refractivity contribution in [1.82, 2.24) is 5.43 Å². The smallest absolute Gasteiger partial charge is 0.270 e. The summed E-state index contributed by atoms with van der Waals surface area (Å²) in [6.07, 6.45) is 1.23. The van der Waals surface area contributed by atoms with Gasteiger partial charge in [0, 0.05) is 23.8 Å². The highest BCUT2D eigenvalue weighted by molar-refractivity contribution is 7.92. The molecule has 11 heteroatoms. The van der Waals surface area contributed by atoms with E-state index >= 15 is 0 Å². The number of nitro benzene ring substituents is 1. The minimum atomic E-state index is -4.09. The molecule has 3 aromatic rings. The largest absolute Gasteiger partial charge is 0.497 e. The van der Waals surface area contributed by atoms with Crippen LogP contribution in [0, 0.1) is 17.0 Å². The summed E-state index contributed by atoms with van der Waals surface area (Å²) in [7, 11) is -2.64. The summed E-state index contributed by atoms with van der Waals surface area (Å²) in [5, 5.41) is 14.7. The van der Waals surface area contributed by atoms with Crippen LogP contribution in [0.3, 0.4) is 0 Å². The van der Waals surface area contributed by atoms with E-state index in [-0.39, 0.29) is 16.3 Å². The Hall–Kier alpha value is -4.25. The van der Waals surface area contributed by atoms with E-state index in [0.29, 0.717) is 11.3 Å². The van der Waals surface area contributed by atoms with Crippen LogP contribution in [-0.4, -0.2) is 39.1 Å². The monoisotopic (exact) mass is 482 g/mol. The maximum atomic E-state index is 13.4. The van der Waals surface area contributed by atoms with Crippen molar-refractivity contribution >= 4 is 33.5 Å². The number of aryl methyl sites for hydroxylation is 1. The van der Waals surface area contributed by atoms with Gasteiger partial charge in [0.05, 0.1) is 28.8 Å². The number of nitrogens with one attached hydrogen (secondary N) is 1. The number of hydrogen-bond acceptors (Lipinski definition) is 7. The van der Waals surface area contributed by atoms with Gasteiger partial charge in [0.1, 0.15) is 12.3 Å². The molecule has 0 fully saturated rings. The Morgan fingerprint density at radius 1 is 1.12 bits per heavy atom. The molecule has 3 aromatic carbocycles. The third kappa shape index (κ3) is 5.95. The molecule has 0 aliphatic carbocycles. The molecule has 0 aliphatic heterocycles. The van der Waals surface area contributed by atoms with Crippen LogP contribution in [0.25, 0.3) is 0 Å². The minimum Gasteiger partial charge on any atom is -0.497 e. The summed E-state index contributed by atoms with van der Waals surface area (Å²) in [4.78, 5) is 23.0. The summed E-state index contributed by atoms with van der Waals surface area (Å²) in [6, 6.07) is 18.3. The first kappa shape index (κ1) is 24.4. The predicted octanol–water partition coefficient (Wildman–Crippen LogP) is 3.26. The van der Waals surface area contributed by atoms with E-state index in [2.05, 4.69) is 10.5 Å². The highest BCUT2D eigenvalue weighted by Gasteiger charge is 2.27. The van der Waals surface area contributed by atoms with Crippen molar-refractivity contribution in [2.45, 2.75) is 11.8 Å². The van der Waals surface area contributed by atoms with Crippen LogP contribution in [0.4, 0.5) is 11.4 Å². The van der Waals surface area contributed by atoms with E-state index < -0.39 is 27.4 Å². The van der Waals surface area contributed by atoms with Crippen LogP contribution < -0.4 is 14.5 Å². The Labute approximate surface area is 196 Å². The van der Waals surface area contributed by atoms with Gasteiger partial charge in [-0.2, -0.15) is 5.10 Å². The van der Waals surface area contributed by atoms with Crippen molar-refractivity contribution in [2.24, 2.45) is 5.10 Å². The quantitative estimate of drug-likeness (QED) is 0.283. The minimum absolute atomic E-state index is 0.0221. The van der Waals surface area contributed by atoms with Gasteiger partial charge < -0.3 is 4.74 Å². The maximum absolute atomic E-state index is 13.4. The van der Waals surface area contributed by atoms with Gasteiger partial charge in [-0.25, -0.2) is 13.8 Å². The van der Waals surface area contributed by atoms with E-state index in [1.807, 2.05) is 6.92 Å². The van der Waals surface area contributed by atoms with Gasteiger partial charge in [0.15, 0.2) is 0 Å². The molecule has 0 heterocycles. The number of carbonyl (C=O) groups excluding carboxylic acids is 1. The summed E-state index contributed by atoms with van der Waals surface area (Å²) in [5.74, 6) is -0.286. The van der Waals surface area contributed by atoms with Crippen LogP contribution in [0.15, 0.2) is 82.8 Å². The molecule has 1 N–H and O–H groups in total. The molecule has 0 unspecified atom stereocenters. The number of anilines is 1. The highest BCUT2D eigenvalue weighted by atomic mass is 32.2. The molecular weight excluding hydrogens is 460 g/mol. The van der Waals surface area contributed by atoms with E-state index in [9.17, 15) is 23.3 Å². The van der Waals surface area contributed by atoms with Gasteiger partial charge in [-0.3, -0.25) is 19.2 Å². The van der Waals surface area contributed by atoms with Crippen molar-refractivity contribution in [3.8, 4) is 5.75 Å². The first-order chi connectivity index (χ1) is 16.2. The topological polar surface area (TPSA) is 131 Å². The van der Waals surface area contributed by atoms with Crippen molar-refractivity contribution < 1.29 is 22.9 Å². The van der Waals surface area contributed by atoms with Gasteiger partial charge in [-0.05, 0) is 31.2 Å². The fourth-order valence-electron chi connectivity index (χ4n) is 2.98. The lowest BCUT2D eigenvalue weighted by atomic mass is 10.2. The summed E-state index contributed by atoms with van der Waals surface area (Å²) >= 11 is 0. The standard InChI is InChI=1S/C23H22N4O6S/c1-17-9-11-22(12-10-17)34(31,32)26(19-6-4-8-21(14-19)33-2)16-23(28)25-24-15-18-5-3-7-20(13-18)27(29)30/h3-15H,16H2,1-2H3,(H,25,28)/b24-15-. The zero-order chi connectivity index (χ0) is 24.7. The molecule has 176 valence electrons. The lowest BCUT2D eigenvalue weighted by Gasteiger charge is -2.24. The number of hydrogen-bond donors (Lipinski definition) is 1. The van der Waals surface area contributed by atoms with Crippen molar-refractivity contribution in [1.29, 1.82) is 0 Å². The fourth-order valence-corrected chi connectivity index (χ4v) is 4.39. The van der Waals surface area contributed by atoms with Gasteiger partial charge in [0.2, 0.25) is 0 Å². The van der Waals surface area contributed by atoms with Crippen LogP contribution in [0.1, 0.15) is 11.1 Å². The molecule has 0 saturated carbocycles. The first-order valence-corrected chi connectivity index (χ1v) is 11.4. The van der Waals surface area contributed by atoms with E-state index in [0.717, 1.165) is 9.87 Å². The van der Waals surface area contributed by atoms with Crippen molar-refractivity contribution in [3.63, 3.8) is 0 Å². The molecule has 0 aliphatic rings. The number of nitro groups is 1. The van der Waals surface area contributed by atoms with Crippen LogP contribution in [0.5, 0.6) is 5.75 Å². The average Bonchev–Trinajstić information content (AvgIpc) is 2.83. The zero-order valence-electron chi connectivity index (χ0n) is 18.4. The Bertz CT molecular complexity index is 1320. The van der Waals surface area contributed by atoms with E-state index in [1.54, 1.807) is 36.4 Å². The Morgan fingerprint density at radius 3 is 2.50 bits per heavy atom. The number of non-ortho nitro benzene ring substituents is 1. The number of rotatable bonds is 9. The zero-order valence-corrected chi connectivity index (χ0v) is 19.2. The van der Waals surface area contributed by atoms with E-state index in [4.69, 9.17) is 4.74 Å². The molecule has 1 amide bonds. The van der Waals surface area contributed by atoms with Gasteiger partial charge in [0.25, 0.3) is 21.6 Å². The fraction of sp³-hybridized carbons (Fsp3) is 0.130. The number of benzene rings is 3. The van der Waals surface area contributed by atoms with Crippen LogP contribution >= 0.6 is 0 Å². The molecule has 0 aromatic heterocycles. The normalized spacial score (nSPS) is 11.2. The number of methoxy groups -OCH3 is 1. The molecule has 0 atom stereocenters. The van der Waals surface area contributed by atoms with Crippen molar-refractivity contribution in [2.75, 3.05) is 18.0 Å². The molecule has 0 spiro atoms. The highest BCUT2D eigenvalue weighted by Crippen LogP contribution is 2.27. The van der Waals surface area contributed by atoms with Crippen molar-refractivity contribution in [3.05, 3.63) is 94.0 Å². The Balaban J connectivity index is 1.85. The summed E-state index contributed by atoms with van der Waals surface area (Å²) < 4.78 is 32.9. The van der Waals surface area contributed by atoms with Crippen LogP contribution in [-0.2, 0) is 14.8 Å². The maximum Gasteiger partial charge on any atom is 0.270 e. The van der Waals surface area contributed by atoms with Gasteiger partial charge in [-0.1, -0.05) is 35.9 Å². The average molecular weight is 483 g/mol. The lowest BCUT2D eigenvalue weighted by Crippen LogP contribution is -2.39. The number of amides is 1. The summed E-state index contributed by atoms with van der Waals surface area (Å²) in [5.41, 5.74) is 3.66. The first-order valence-electron chi connectivity index (χ1n) is 10.0. The lowest BCUT2D eigenvalue weighted by molar-refractivity contribution is -0.384. The Kier molecular flexibility index (Phi) is 7.59. The second-order valence-corrected chi connectivity index (χ2v) is 9.03. The molecule has 0 bridgehead atoms. The second kappa shape index (κ2) is 10.6. The van der Waals surface area contributed by atoms with Gasteiger partial charge in [-0.15, -0.1) is 0 Å². The van der Waals surface area contributed by atoms with Crippen LogP contribution in [0.2, 0.25) is 0 Å². The number of carbonyl (C=O) groups is 1. The Morgan fingerprint density at radius 2 is 1.82 bits per heavy atom. The number of hydrazone groups is 1. The number of ether oxygens (including phenoxy) is 1. The molecule has 3 rings (SSSR count). The SMILES string of the molecule is COc1cccc(N(CC(=O)N/N=C\c2cccc([N+](=O)[O-])c2)S(=O)(=O)c2ccc(C)cc2)c1. The molecule has 10 nitrogen and oxygen atoms in total. The van der Waals surface area contributed by atoms with E-state index in [1.165, 1.54) is 49.7 Å².